The Bertz CT molecular complexity index is 2970. The first-order valence-electron chi connectivity index (χ1n) is 16.3. The number of nitriles is 3. The Labute approximate surface area is 287 Å². The van der Waals surface area contributed by atoms with Crippen LogP contribution in [0.15, 0.2) is 152 Å². The molecule has 0 saturated carbocycles. The van der Waals surface area contributed by atoms with Crippen molar-refractivity contribution in [2.45, 2.75) is 0 Å². The molecule has 0 aliphatic carbocycles. The van der Waals surface area contributed by atoms with Gasteiger partial charge in [-0.2, -0.15) is 15.8 Å². The van der Waals surface area contributed by atoms with Crippen LogP contribution >= 0.6 is 0 Å². The Balaban J connectivity index is 1.23. The second kappa shape index (κ2) is 11.4. The molecule has 0 aliphatic heterocycles. The molecule has 0 spiro atoms. The Morgan fingerprint density at radius 3 is 1.64 bits per heavy atom. The maximum absolute atomic E-state index is 10.4. The smallest absolute Gasteiger partial charge is 0.0998 e. The average molecular weight is 636 g/mol. The van der Waals surface area contributed by atoms with Crippen LogP contribution in [-0.2, 0) is 0 Å². The number of aromatic nitrogens is 2. The standard InChI is InChI=1S/C45H25N5/c46-26-29-16-20-44-39(22-29)36-11-2-4-13-41(36)49(44)34-9-7-8-31(24-34)32-18-19-33(28-48)38(25-32)35-10-1-5-14-42(35)50-43-15-6-3-12-37(43)40-23-30(27-47)17-21-45(40)50/h1-25H. The van der Waals surface area contributed by atoms with Gasteiger partial charge in [-0.25, -0.2) is 0 Å². The van der Waals surface area contributed by atoms with E-state index in [9.17, 15) is 15.8 Å². The number of hydrogen-bond acceptors (Lipinski definition) is 3. The van der Waals surface area contributed by atoms with E-state index < -0.39 is 0 Å². The first kappa shape index (κ1) is 28.8. The molecule has 5 heteroatoms. The van der Waals surface area contributed by atoms with Crippen LogP contribution in [0.5, 0.6) is 0 Å². The molecule has 2 heterocycles. The van der Waals surface area contributed by atoms with Gasteiger partial charge in [0.05, 0.1) is 62.7 Å². The number of hydrogen-bond donors (Lipinski definition) is 0. The molecule has 7 aromatic carbocycles. The molecular formula is C45H25N5. The van der Waals surface area contributed by atoms with Crippen LogP contribution in [0.2, 0.25) is 0 Å². The highest BCUT2D eigenvalue weighted by Crippen LogP contribution is 2.39. The van der Waals surface area contributed by atoms with E-state index in [4.69, 9.17) is 0 Å². The lowest BCUT2D eigenvalue weighted by molar-refractivity contribution is 1.18. The van der Waals surface area contributed by atoms with Gasteiger partial charge in [0.15, 0.2) is 0 Å². The summed E-state index contributed by atoms with van der Waals surface area (Å²) in [6, 6.07) is 57.9. The van der Waals surface area contributed by atoms with E-state index in [1.165, 1.54) is 0 Å². The van der Waals surface area contributed by atoms with Crippen molar-refractivity contribution in [3.8, 4) is 51.8 Å². The van der Waals surface area contributed by atoms with Crippen molar-refractivity contribution >= 4 is 43.6 Å². The van der Waals surface area contributed by atoms with Crippen LogP contribution in [0.3, 0.4) is 0 Å². The van der Waals surface area contributed by atoms with E-state index in [0.29, 0.717) is 16.7 Å². The summed E-state index contributed by atoms with van der Waals surface area (Å²) in [5.74, 6) is 0. The molecule has 0 aliphatic rings. The molecule has 5 nitrogen and oxygen atoms in total. The number of benzene rings is 7. The van der Waals surface area contributed by atoms with Gasteiger partial charge >= 0.3 is 0 Å². The zero-order chi connectivity index (χ0) is 33.8. The molecule has 0 amide bonds. The van der Waals surface area contributed by atoms with Crippen LogP contribution in [-0.4, -0.2) is 9.13 Å². The van der Waals surface area contributed by atoms with Gasteiger partial charge < -0.3 is 9.13 Å². The summed E-state index contributed by atoms with van der Waals surface area (Å²) in [5.41, 5.74) is 11.7. The first-order valence-corrected chi connectivity index (χ1v) is 16.3. The van der Waals surface area contributed by atoms with Crippen molar-refractivity contribution in [3.05, 3.63) is 168 Å². The molecule has 9 rings (SSSR count). The largest absolute Gasteiger partial charge is 0.309 e. The van der Waals surface area contributed by atoms with E-state index >= 15 is 0 Å². The van der Waals surface area contributed by atoms with Gasteiger partial charge in [-0.05, 0) is 90.0 Å². The third-order valence-corrected chi connectivity index (χ3v) is 9.62. The number of fused-ring (bicyclic) bond motifs is 6. The summed E-state index contributed by atoms with van der Waals surface area (Å²) in [5, 5.41) is 33.8. The van der Waals surface area contributed by atoms with Crippen molar-refractivity contribution in [2.24, 2.45) is 0 Å². The SMILES string of the molecule is N#Cc1ccc2c(c1)c1ccccc1n2-c1cccc(-c2ccc(C#N)c(-c3ccccc3-n3c4ccccc4c4cc(C#N)ccc43)c2)c1. The molecule has 9 aromatic rings. The average Bonchev–Trinajstić information content (AvgIpc) is 3.69. The monoisotopic (exact) mass is 635 g/mol. The topological polar surface area (TPSA) is 81.2 Å². The number of para-hydroxylation sites is 3. The molecule has 0 unspecified atom stereocenters. The molecule has 0 bridgehead atoms. The van der Waals surface area contributed by atoms with E-state index in [1.54, 1.807) is 0 Å². The second-order valence-corrected chi connectivity index (χ2v) is 12.3. The van der Waals surface area contributed by atoms with Crippen molar-refractivity contribution < 1.29 is 0 Å². The molecule has 0 saturated heterocycles. The zero-order valence-electron chi connectivity index (χ0n) is 26.7. The molecule has 50 heavy (non-hydrogen) atoms. The molecule has 0 N–H and O–H groups in total. The van der Waals surface area contributed by atoms with Crippen LogP contribution in [0.1, 0.15) is 16.7 Å². The Morgan fingerprint density at radius 2 is 0.960 bits per heavy atom. The fourth-order valence-corrected chi connectivity index (χ4v) is 7.39. The highest BCUT2D eigenvalue weighted by atomic mass is 15.0. The normalized spacial score (nSPS) is 11.1. The van der Waals surface area contributed by atoms with E-state index in [2.05, 4.69) is 94.1 Å². The number of rotatable bonds is 4. The van der Waals surface area contributed by atoms with E-state index in [0.717, 1.165) is 77.2 Å². The number of nitrogens with zero attached hydrogens (tertiary/aromatic N) is 5. The Kier molecular flexibility index (Phi) is 6.56. The summed E-state index contributed by atoms with van der Waals surface area (Å²) in [6.07, 6.45) is 0. The van der Waals surface area contributed by atoms with Crippen LogP contribution in [0.4, 0.5) is 0 Å². The zero-order valence-corrected chi connectivity index (χ0v) is 26.7. The highest BCUT2D eigenvalue weighted by molar-refractivity contribution is 6.11. The maximum Gasteiger partial charge on any atom is 0.0998 e. The lowest BCUT2D eigenvalue weighted by atomic mass is 9.93. The lowest BCUT2D eigenvalue weighted by Crippen LogP contribution is -1.98. The van der Waals surface area contributed by atoms with Crippen molar-refractivity contribution in [2.75, 3.05) is 0 Å². The van der Waals surface area contributed by atoms with Crippen molar-refractivity contribution in [1.29, 1.82) is 15.8 Å². The molecule has 0 radical (unpaired) electrons. The van der Waals surface area contributed by atoms with Gasteiger partial charge in [-0.1, -0.05) is 72.8 Å². The van der Waals surface area contributed by atoms with E-state index in [-0.39, 0.29) is 0 Å². The molecule has 230 valence electrons. The summed E-state index contributed by atoms with van der Waals surface area (Å²) in [6.45, 7) is 0. The third-order valence-electron chi connectivity index (χ3n) is 9.62. The fourth-order valence-electron chi connectivity index (χ4n) is 7.39. The van der Waals surface area contributed by atoms with E-state index in [1.807, 2.05) is 84.9 Å². The summed E-state index contributed by atoms with van der Waals surface area (Å²) in [4.78, 5) is 0. The van der Waals surface area contributed by atoms with Crippen LogP contribution in [0, 0.1) is 34.0 Å². The molecule has 2 aromatic heterocycles. The third kappa shape index (κ3) is 4.38. The van der Waals surface area contributed by atoms with Gasteiger partial charge in [0.2, 0.25) is 0 Å². The summed E-state index contributed by atoms with van der Waals surface area (Å²) >= 11 is 0. The van der Waals surface area contributed by atoms with Gasteiger partial charge in [-0.15, -0.1) is 0 Å². The molecule has 0 atom stereocenters. The first-order chi connectivity index (χ1) is 24.7. The quantitative estimate of drug-likeness (QED) is 0.193. The minimum Gasteiger partial charge on any atom is -0.309 e. The predicted octanol–water partition coefficient (Wildman–Crippen LogP) is 10.8. The summed E-state index contributed by atoms with van der Waals surface area (Å²) < 4.78 is 4.48. The second-order valence-electron chi connectivity index (χ2n) is 12.3. The molecule has 0 fully saturated rings. The van der Waals surface area contributed by atoms with Crippen molar-refractivity contribution in [1.82, 2.24) is 9.13 Å². The fraction of sp³-hybridized carbons (Fsp3) is 0. The maximum atomic E-state index is 10.4. The van der Waals surface area contributed by atoms with Gasteiger partial charge in [0.25, 0.3) is 0 Å². The van der Waals surface area contributed by atoms with Crippen molar-refractivity contribution in [3.63, 3.8) is 0 Å². The van der Waals surface area contributed by atoms with Gasteiger partial charge in [-0.3, -0.25) is 0 Å². The molecular weight excluding hydrogens is 611 g/mol. The van der Waals surface area contributed by atoms with Gasteiger partial charge in [0, 0.05) is 38.4 Å². The predicted molar refractivity (Wildman–Crippen MR) is 200 cm³/mol. The van der Waals surface area contributed by atoms with Gasteiger partial charge in [0.1, 0.15) is 0 Å². The van der Waals surface area contributed by atoms with Crippen LogP contribution in [0.25, 0.3) is 77.2 Å². The Morgan fingerprint density at radius 1 is 0.380 bits per heavy atom. The lowest BCUT2D eigenvalue weighted by Gasteiger charge is -2.16. The minimum atomic E-state index is 0.584. The summed E-state index contributed by atoms with van der Waals surface area (Å²) in [7, 11) is 0. The Hall–Kier alpha value is -7.39. The minimum absolute atomic E-state index is 0.584. The van der Waals surface area contributed by atoms with Crippen LogP contribution < -0.4 is 0 Å². The highest BCUT2D eigenvalue weighted by Gasteiger charge is 2.19.